The molecule has 39 heavy (non-hydrogen) atoms. The molecule has 0 radical (unpaired) electrons. The van der Waals surface area contributed by atoms with Crippen molar-refractivity contribution in [3.8, 4) is 16.9 Å². The van der Waals surface area contributed by atoms with Crippen molar-refractivity contribution in [1.29, 1.82) is 0 Å². The van der Waals surface area contributed by atoms with E-state index in [4.69, 9.17) is 18.9 Å². The number of rotatable bonds is 15. The SMILES string of the molecule is CCCCCCOc1ccc(-c2ccc(C(=O)OC3CCC(OCCCCCC)C(C(F)(F)F)O3)cc2)cc1. The largest absolute Gasteiger partial charge is 0.494 e. The number of carbonyl (C=O) groups is 1. The van der Waals surface area contributed by atoms with Gasteiger partial charge in [0, 0.05) is 13.0 Å². The molecule has 3 atom stereocenters. The van der Waals surface area contributed by atoms with Gasteiger partial charge in [-0.2, -0.15) is 13.2 Å². The number of benzene rings is 2. The molecule has 5 nitrogen and oxygen atoms in total. The normalized spacial score (nSPS) is 19.6. The molecule has 0 spiro atoms. The van der Waals surface area contributed by atoms with Gasteiger partial charge in [0.1, 0.15) is 5.75 Å². The zero-order chi connectivity index (χ0) is 28.1. The Hall–Kier alpha value is -2.58. The first-order valence-electron chi connectivity index (χ1n) is 14.2. The van der Waals surface area contributed by atoms with Crippen molar-refractivity contribution < 1.29 is 36.9 Å². The number of esters is 1. The lowest BCUT2D eigenvalue weighted by atomic mass is 10.0. The molecule has 3 unspecified atom stereocenters. The van der Waals surface area contributed by atoms with Crippen LogP contribution in [-0.4, -0.2) is 43.9 Å². The van der Waals surface area contributed by atoms with Crippen LogP contribution in [0.25, 0.3) is 11.1 Å². The molecule has 0 aromatic heterocycles. The van der Waals surface area contributed by atoms with Crippen LogP contribution in [0.4, 0.5) is 13.2 Å². The molecule has 0 amide bonds. The Labute approximate surface area is 230 Å². The third-order valence-electron chi connectivity index (χ3n) is 6.79. The Kier molecular flexibility index (Phi) is 12.6. The van der Waals surface area contributed by atoms with Gasteiger partial charge >= 0.3 is 12.1 Å². The molecule has 1 saturated heterocycles. The molecule has 0 bridgehead atoms. The van der Waals surface area contributed by atoms with Crippen LogP contribution in [-0.2, 0) is 14.2 Å². The summed E-state index contributed by atoms with van der Waals surface area (Å²) >= 11 is 0. The molecule has 1 heterocycles. The topological polar surface area (TPSA) is 54.0 Å². The summed E-state index contributed by atoms with van der Waals surface area (Å²) in [5.41, 5.74) is 2.09. The summed E-state index contributed by atoms with van der Waals surface area (Å²) in [6, 6.07) is 14.5. The van der Waals surface area contributed by atoms with Crippen LogP contribution in [0.2, 0.25) is 0 Å². The van der Waals surface area contributed by atoms with Gasteiger partial charge in [0.2, 0.25) is 6.29 Å². The number of ether oxygens (including phenoxy) is 4. The third kappa shape index (κ3) is 10.2. The first-order valence-corrected chi connectivity index (χ1v) is 14.2. The monoisotopic (exact) mass is 550 g/mol. The quantitative estimate of drug-likeness (QED) is 0.164. The van der Waals surface area contributed by atoms with E-state index >= 15 is 0 Å². The fraction of sp³-hybridized carbons (Fsp3) is 0.581. The van der Waals surface area contributed by atoms with E-state index in [1.165, 1.54) is 12.8 Å². The highest BCUT2D eigenvalue weighted by Crippen LogP contribution is 2.35. The van der Waals surface area contributed by atoms with Crippen LogP contribution in [0.1, 0.15) is 88.4 Å². The summed E-state index contributed by atoms with van der Waals surface area (Å²) in [6.45, 7) is 5.19. The van der Waals surface area contributed by atoms with E-state index in [2.05, 4.69) is 13.8 Å². The second-order valence-electron chi connectivity index (χ2n) is 9.99. The van der Waals surface area contributed by atoms with E-state index in [1.807, 2.05) is 24.3 Å². The highest BCUT2D eigenvalue weighted by Gasteiger charge is 2.50. The first kappa shape index (κ1) is 31.0. The molecule has 1 aliphatic rings. The van der Waals surface area contributed by atoms with Crippen molar-refractivity contribution in [2.24, 2.45) is 0 Å². The van der Waals surface area contributed by atoms with E-state index in [-0.39, 0.29) is 25.0 Å². The number of hydrogen-bond acceptors (Lipinski definition) is 5. The van der Waals surface area contributed by atoms with Crippen molar-refractivity contribution in [2.75, 3.05) is 13.2 Å². The molecule has 1 aliphatic heterocycles. The van der Waals surface area contributed by atoms with E-state index in [1.54, 1.807) is 24.3 Å². The van der Waals surface area contributed by atoms with Gasteiger partial charge in [0.15, 0.2) is 6.10 Å². The number of halogens is 3. The Morgan fingerprint density at radius 2 is 1.41 bits per heavy atom. The molecule has 0 aliphatic carbocycles. The zero-order valence-electron chi connectivity index (χ0n) is 23.0. The van der Waals surface area contributed by atoms with Crippen molar-refractivity contribution in [3.05, 3.63) is 54.1 Å². The molecular formula is C31H41F3O5. The lowest BCUT2D eigenvalue weighted by Crippen LogP contribution is -2.50. The Balaban J connectivity index is 1.50. The van der Waals surface area contributed by atoms with Crippen LogP contribution < -0.4 is 4.74 Å². The number of alkyl halides is 3. The first-order chi connectivity index (χ1) is 18.8. The number of unbranched alkanes of at least 4 members (excludes halogenated alkanes) is 6. The summed E-state index contributed by atoms with van der Waals surface area (Å²) in [5.74, 6) is 0.0856. The average Bonchev–Trinajstić information content (AvgIpc) is 2.93. The molecule has 8 heteroatoms. The molecule has 0 saturated carbocycles. The van der Waals surface area contributed by atoms with Gasteiger partial charge in [-0.25, -0.2) is 4.79 Å². The van der Waals surface area contributed by atoms with Crippen LogP contribution in [0.15, 0.2) is 48.5 Å². The lowest BCUT2D eigenvalue weighted by molar-refractivity contribution is -0.307. The Bertz CT molecular complexity index is 975. The van der Waals surface area contributed by atoms with Crippen LogP contribution in [0.3, 0.4) is 0 Å². The van der Waals surface area contributed by atoms with Crippen molar-refractivity contribution in [1.82, 2.24) is 0 Å². The second-order valence-corrected chi connectivity index (χ2v) is 9.99. The van der Waals surface area contributed by atoms with Gasteiger partial charge in [0.05, 0.1) is 18.3 Å². The van der Waals surface area contributed by atoms with Crippen LogP contribution in [0, 0.1) is 0 Å². The van der Waals surface area contributed by atoms with Crippen molar-refractivity contribution >= 4 is 5.97 Å². The fourth-order valence-corrected chi connectivity index (χ4v) is 4.53. The Morgan fingerprint density at radius 3 is 2.00 bits per heavy atom. The van der Waals surface area contributed by atoms with E-state index in [0.717, 1.165) is 49.0 Å². The van der Waals surface area contributed by atoms with Gasteiger partial charge in [-0.05, 0) is 54.7 Å². The maximum absolute atomic E-state index is 13.6. The molecule has 2 aromatic carbocycles. The lowest BCUT2D eigenvalue weighted by Gasteiger charge is -2.36. The molecule has 0 N–H and O–H groups in total. The molecule has 2 aromatic rings. The van der Waals surface area contributed by atoms with E-state index in [0.29, 0.717) is 13.0 Å². The van der Waals surface area contributed by atoms with Gasteiger partial charge in [0.25, 0.3) is 0 Å². The predicted octanol–water partition coefficient (Wildman–Crippen LogP) is 8.50. The third-order valence-corrected chi connectivity index (χ3v) is 6.79. The minimum atomic E-state index is -4.61. The van der Waals surface area contributed by atoms with Crippen molar-refractivity contribution in [3.63, 3.8) is 0 Å². The Morgan fingerprint density at radius 1 is 0.821 bits per heavy atom. The second kappa shape index (κ2) is 15.9. The maximum Gasteiger partial charge on any atom is 0.417 e. The summed E-state index contributed by atoms with van der Waals surface area (Å²) in [4.78, 5) is 12.7. The van der Waals surface area contributed by atoms with Gasteiger partial charge in [-0.3, -0.25) is 0 Å². The molecule has 3 rings (SSSR count). The van der Waals surface area contributed by atoms with Crippen LogP contribution >= 0.6 is 0 Å². The van der Waals surface area contributed by atoms with E-state index < -0.39 is 30.6 Å². The molecule has 1 fully saturated rings. The zero-order valence-corrected chi connectivity index (χ0v) is 23.0. The van der Waals surface area contributed by atoms with Gasteiger partial charge in [-0.1, -0.05) is 76.6 Å². The highest BCUT2D eigenvalue weighted by molar-refractivity contribution is 5.90. The highest BCUT2D eigenvalue weighted by atomic mass is 19.4. The minimum absolute atomic E-state index is 0.104. The van der Waals surface area contributed by atoms with Crippen LogP contribution in [0.5, 0.6) is 5.75 Å². The van der Waals surface area contributed by atoms with Gasteiger partial charge < -0.3 is 18.9 Å². The number of carbonyl (C=O) groups excluding carboxylic acids is 1. The van der Waals surface area contributed by atoms with E-state index in [9.17, 15) is 18.0 Å². The summed E-state index contributed by atoms with van der Waals surface area (Å²) in [7, 11) is 0. The molecular weight excluding hydrogens is 509 g/mol. The fourth-order valence-electron chi connectivity index (χ4n) is 4.53. The van der Waals surface area contributed by atoms with Gasteiger partial charge in [-0.15, -0.1) is 0 Å². The molecule has 216 valence electrons. The minimum Gasteiger partial charge on any atom is -0.494 e. The average molecular weight is 551 g/mol. The summed E-state index contributed by atoms with van der Waals surface area (Å²) in [5, 5.41) is 0. The summed E-state index contributed by atoms with van der Waals surface area (Å²) < 4.78 is 62.7. The summed E-state index contributed by atoms with van der Waals surface area (Å²) in [6.07, 6.45) is -0.599. The van der Waals surface area contributed by atoms with Crippen molar-refractivity contribution in [2.45, 2.75) is 103 Å². The standard InChI is InChI=1S/C31H41F3O5/c1-3-5-7-9-21-36-26-17-15-24(16-18-26)23-11-13-25(14-12-23)30(35)39-28-20-19-27(29(38-28)31(32,33)34)37-22-10-8-6-4-2/h11-18,27-29H,3-10,19-22H2,1-2H3. The maximum atomic E-state index is 13.6. The number of hydrogen-bond donors (Lipinski definition) is 0. The predicted molar refractivity (Wildman–Crippen MR) is 145 cm³/mol. The smallest absolute Gasteiger partial charge is 0.417 e.